The number of amides is 2. The van der Waals surface area contributed by atoms with Gasteiger partial charge in [-0.15, -0.1) is 0 Å². The zero-order valence-electron chi connectivity index (χ0n) is 24.3. The van der Waals surface area contributed by atoms with Gasteiger partial charge in [-0.05, 0) is 49.4 Å². The van der Waals surface area contributed by atoms with Gasteiger partial charge in [0.2, 0.25) is 0 Å². The number of aromatic nitrogens is 3. The Balaban J connectivity index is 1.48. The number of nitrogens with two attached hydrogens (primary N) is 1. The monoisotopic (exact) mass is 630 g/mol. The quantitative estimate of drug-likeness (QED) is 0.177. The molecule has 2 aliphatic rings. The first-order chi connectivity index (χ1) is 21.5. The van der Waals surface area contributed by atoms with E-state index in [1.54, 1.807) is 36.5 Å². The maximum Gasteiger partial charge on any atom is 0.283 e. The lowest BCUT2D eigenvalue weighted by Gasteiger charge is -2.12. The second-order valence-electron chi connectivity index (χ2n) is 11.2. The number of nitrogens with zero attached hydrogens (tertiary/aromatic N) is 3. The Labute approximate surface area is 262 Å². The largest absolute Gasteiger partial charge is 0.383 e. The van der Waals surface area contributed by atoms with Crippen LogP contribution in [0, 0.1) is 11.8 Å². The number of nitrogens with one attached hydrogen (secondary N) is 2. The molecule has 2 fully saturated rings. The molecule has 6 rings (SSSR count). The van der Waals surface area contributed by atoms with Gasteiger partial charge >= 0.3 is 0 Å². The van der Waals surface area contributed by atoms with Crippen LogP contribution in [0.25, 0.3) is 33.3 Å². The normalized spacial score (nSPS) is 16.6. The molecule has 1 aliphatic carbocycles. The van der Waals surface area contributed by atoms with E-state index in [0.29, 0.717) is 64.0 Å². The Hall–Kier alpha value is -4.79. The number of alkyl halides is 1. The molecule has 45 heavy (non-hydrogen) atoms. The standard InChI is InChI=1S/C33H29ClF2N6O3/c1-18(35)31(43)41-22-8-5-19(6-9-22)28-25(21-14-24(34)27(38-16-21)32(44)40-17-33(36)11-12-33)26-29(42(28)2)20(15-39-30(26)37)7-10-23-4-3-13-45-23/h5-6,8-9,14-16,23H,1,3-4,11-13,17H2,2H3,(H2,37,39)(H,40,44)(H,41,43)/t23-/m0/s1. The predicted molar refractivity (Wildman–Crippen MR) is 169 cm³/mol. The molecule has 0 unspecified atom stereocenters. The molecule has 0 spiro atoms. The number of aryl methyl sites for hydroxylation is 1. The third kappa shape index (κ3) is 6.12. The number of nitrogen functional groups attached to an aromatic ring is 1. The smallest absolute Gasteiger partial charge is 0.283 e. The number of carbonyl (C=O) groups is 2. The Morgan fingerprint density at radius 3 is 2.62 bits per heavy atom. The van der Waals surface area contributed by atoms with Gasteiger partial charge in [0, 0.05) is 42.9 Å². The fraction of sp³-hybridized carbons (Fsp3) is 0.273. The fourth-order valence-corrected chi connectivity index (χ4v) is 5.61. The van der Waals surface area contributed by atoms with Crippen LogP contribution in [0.5, 0.6) is 0 Å². The van der Waals surface area contributed by atoms with Crippen molar-refractivity contribution < 1.29 is 23.1 Å². The SMILES string of the molecule is C=C(F)C(=O)Nc1ccc(-c2c(-c3cnc(C(=O)NCC4(F)CC4)c(Cl)c3)c3c(N)ncc(C#C[C@@H]4CCCO4)c3n2C)cc1. The lowest BCUT2D eigenvalue weighted by atomic mass is 9.98. The number of ether oxygens (including phenoxy) is 1. The number of fused-ring (bicyclic) bond motifs is 1. The van der Waals surface area contributed by atoms with Gasteiger partial charge in [-0.25, -0.2) is 18.7 Å². The minimum absolute atomic E-state index is 0.0322. The van der Waals surface area contributed by atoms with Gasteiger partial charge in [-0.1, -0.05) is 42.2 Å². The first kappa shape index (κ1) is 30.2. The molecule has 0 radical (unpaired) electrons. The van der Waals surface area contributed by atoms with Crippen molar-refractivity contribution in [3.63, 3.8) is 0 Å². The van der Waals surface area contributed by atoms with E-state index in [-0.39, 0.29) is 29.2 Å². The fourth-order valence-electron chi connectivity index (χ4n) is 5.36. The van der Waals surface area contributed by atoms with E-state index in [9.17, 15) is 18.4 Å². The van der Waals surface area contributed by atoms with E-state index in [0.717, 1.165) is 12.8 Å². The van der Waals surface area contributed by atoms with E-state index in [1.807, 2.05) is 11.6 Å². The van der Waals surface area contributed by atoms with E-state index >= 15 is 0 Å². The third-order valence-electron chi connectivity index (χ3n) is 7.90. The first-order valence-electron chi connectivity index (χ1n) is 14.3. The van der Waals surface area contributed by atoms with Crippen molar-refractivity contribution in [2.45, 2.75) is 37.5 Å². The highest BCUT2D eigenvalue weighted by atomic mass is 35.5. The van der Waals surface area contributed by atoms with Crippen molar-refractivity contribution in [2.75, 3.05) is 24.2 Å². The summed E-state index contributed by atoms with van der Waals surface area (Å²) in [6.45, 7) is 3.59. The van der Waals surface area contributed by atoms with Crippen LogP contribution in [0.3, 0.4) is 0 Å². The van der Waals surface area contributed by atoms with E-state index < -0.39 is 23.3 Å². The molecule has 4 aromatic rings. The Morgan fingerprint density at radius 1 is 1.22 bits per heavy atom. The third-order valence-corrected chi connectivity index (χ3v) is 8.19. The van der Waals surface area contributed by atoms with Crippen LogP contribution in [0.1, 0.15) is 41.7 Å². The molecule has 1 atom stereocenters. The van der Waals surface area contributed by atoms with Gasteiger partial charge in [0.1, 0.15) is 23.3 Å². The highest BCUT2D eigenvalue weighted by molar-refractivity contribution is 6.34. The average molecular weight is 631 g/mol. The van der Waals surface area contributed by atoms with Crippen molar-refractivity contribution >= 4 is 45.8 Å². The minimum Gasteiger partial charge on any atom is -0.383 e. The van der Waals surface area contributed by atoms with Crippen LogP contribution in [0.15, 0.2) is 55.1 Å². The van der Waals surface area contributed by atoms with Crippen LogP contribution >= 0.6 is 11.6 Å². The number of hydrogen-bond acceptors (Lipinski definition) is 6. The van der Waals surface area contributed by atoms with Crippen molar-refractivity contribution in [3.05, 3.63) is 71.4 Å². The van der Waals surface area contributed by atoms with Crippen molar-refractivity contribution in [1.82, 2.24) is 19.9 Å². The number of rotatable bonds is 7. The topological polar surface area (TPSA) is 124 Å². The summed E-state index contributed by atoms with van der Waals surface area (Å²) in [5.74, 6) is 4.03. The summed E-state index contributed by atoms with van der Waals surface area (Å²) < 4.78 is 35.0. The molecule has 4 N–H and O–H groups in total. The number of benzene rings is 1. The summed E-state index contributed by atoms with van der Waals surface area (Å²) in [5.41, 5.74) is 9.41. The minimum atomic E-state index is -1.37. The summed E-state index contributed by atoms with van der Waals surface area (Å²) in [7, 11) is 1.86. The summed E-state index contributed by atoms with van der Waals surface area (Å²) in [4.78, 5) is 33.4. The van der Waals surface area contributed by atoms with Gasteiger partial charge in [-0.2, -0.15) is 0 Å². The molecule has 12 heteroatoms. The molecule has 1 saturated heterocycles. The zero-order chi connectivity index (χ0) is 31.9. The van der Waals surface area contributed by atoms with Gasteiger partial charge < -0.3 is 25.7 Å². The number of carbonyl (C=O) groups excluding carboxylic acids is 2. The maximum absolute atomic E-state index is 14.1. The van der Waals surface area contributed by atoms with E-state index in [2.05, 4.69) is 39.0 Å². The summed E-state index contributed by atoms with van der Waals surface area (Å²) in [5, 5.41) is 5.69. The number of halogens is 3. The second kappa shape index (κ2) is 12.0. The Morgan fingerprint density at radius 2 is 1.98 bits per heavy atom. The van der Waals surface area contributed by atoms with Crippen LogP contribution in [-0.2, 0) is 16.6 Å². The van der Waals surface area contributed by atoms with Gasteiger partial charge in [0.25, 0.3) is 11.8 Å². The molecule has 9 nitrogen and oxygen atoms in total. The number of anilines is 2. The molecular formula is C33H29ClF2N6O3. The molecule has 0 bridgehead atoms. The molecule has 1 aliphatic heterocycles. The number of hydrogen-bond donors (Lipinski definition) is 3. The van der Waals surface area contributed by atoms with E-state index in [4.69, 9.17) is 22.1 Å². The van der Waals surface area contributed by atoms with Gasteiger partial charge in [-0.3, -0.25) is 9.59 Å². The van der Waals surface area contributed by atoms with Crippen molar-refractivity contribution in [1.29, 1.82) is 0 Å². The predicted octanol–water partition coefficient (Wildman–Crippen LogP) is 5.72. The molecule has 230 valence electrons. The van der Waals surface area contributed by atoms with Crippen LogP contribution in [0.4, 0.5) is 20.3 Å². The lowest BCUT2D eigenvalue weighted by molar-refractivity contribution is -0.114. The van der Waals surface area contributed by atoms with Crippen LogP contribution in [0.2, 0.25) is 5.02 Å². The summed E-state index contributed by atoms with van der Waals surface area (Å²) in [6, 6.07) is 8.39. The highest BCUT2D eigenvalue weighted by Crippen LogP contribution is 2.44. The molecule has 2 amide bonds. The van der Waals surface area contributed by atoms with Crippen LogP contribution < -0.4 is 16.4 Å². The first-order valence-corrected chi connectivity index (χ1v) is 14.7. The van der Waals surface area contributed by atoms with Gasteiger partial charge in [0.15, 0.2) is 5.83 Å². The summed E-state index contributed by atoms with van der Waals surface area (Å²) >= 11 is 6.60. The van der Waals surface area contributed by atoms with Crippen LogP contribution in [-0.4, -0.2) is 51.3 Å². The number of pyridine rings is 2. The molecular weight excluding hydrogens is 602 g/mol. The van der Waals surface area contributed by atoms with Gasteiger partial charge in [0.05, 0.1) is 33.7 Å². The Bertz CT molecular complexity index is 1920. The van der Waals surface area contributed by atoms with E-state index in [1.165, 1.54) is 6.20 Å². The van der Waals surface area contributed by atoms with Crippen molar-refractivity contribution in [3.8, 4) is 34.2 Å². The van der Waals surface area contributed by atoms with Crippen molar-refractivity contribution in [2.24, 2.45) is 7.05 Å². The Kier molecular flexibility index (Phi) is 8.03. The summed E-state index contributed by atoms with van der Waals surface area (Å²) in [6.07, 6.45) is 5.56. The molecule has 3 aromatic heterocycles. The lowest BCUT2D eigenvalue weighted by Crippen LogP contribution is -2.31. The zero-order valence-corrected chi connectivity index (χ0v) is 25.1. The highest BCUT2D eigenvalue weighted by Gasteiger charge is 2.43. The molecule has 1 aromatic carbocycles. The molecule has 1 saturated carbocycles. The maximum atomic E-state index is 14.1. The second-order valence-corrected chi connectivity index (χ2v) is 11.6. The molecule has 4 heterocycles. The average Bonchev–Trinajstić information content (AvgIpc) is 3.39.